The molecule has 100 valence electrons. The second-order valence-electron chi connectivity index (χ2n) is 4.89. The molecular formula is C16H13BrN2O. The third-order valence-electron chi connectivity index (χ3n) is 3.49. The van der Waals surface area contributed by atoms with Gasteiger partial charge >= 0.3 is 0 Å². The zero-order chi connectivity index (χ0) is 13.9. The summed E-state index contributed by atoms with van der Waals surface area (Å²) in [5.74, 6) is -0.198. The van der Waals surface area contributed by atoms with Gasteiger partial charge in [-0.3, -0.25) is 4.79 Å². The van der Waals surface area contributed by atoms with Gasteiger partial charge in [0.05, 0.1) is 5.69 Å². The van der Waals surface area contributed by atoms with Crippen molar-refractivity contribution < 1.29 is 4.79 Å². The molecule has 1 aliphatic carbocycles. The molecule has 3 rings (SSSR count). The second kappa shape index (κ2) is 5.67. The summed E-state index contributed by atoms with van der Waals surface area (Å²) in [6.07, 6.45) is 1.54. The summed E-state index contributed by atoms with van der Waals surface area (Å²) < 4.78 is 0.981. The second-order valence-corrected chi connectivity index (χ2v) is 5.80. The summed E-state index contributed by atoms with van der Waals surface area (Å²) in [6.45, 7) is 0. The quantitative estimate of drug-likeness (QED) is 0.749. The highest BCUT2D eigenvalue weighted by atomic mass is 79.9. The molecule has 0 bridgehead atoms. The standard InChI is InChI=1S/C16H13BrN2O/c17-14-5-7-15(8-6-14)18-19-16(20)13-9-11-3-1-2-4-12(11)10-13/h1-8,13H,9-10H2. The van der Waals surface area contributed by atoms with Crippen molar-refractivity contribution >= 4 is 27.5 Å². The number of rotatable bonds is 2. The fraction of sp³-hybridized carbons (Fsp3) is 0.188. The van der Waals surface area contributed by atoms with E-state index in [0.717, 1.165) is 17.3 Å². The summed E-state index contributed by atoms with van der Waals surface area (Å²) in [5, 5.41) is 7.87. The van der Waals surface area contributed by atoms with E-state index in [-0.39, 0.29) is 11.8 Å². The molecule has 2 aromatic rings. The number of azo groups is 1. The number of hydrogen-bond donors (Lipinski definition) is 0. The molecule has 1 amide bonds. The van der Waals surface area contributed by atoms with Crippen LogP contribution in [0.3, 0.4) is 0 Å². The van der Waals surface area contributed by atoms with E-state index in [2.05, 4.69) is 38.3 Å². The SMILES string of the molecule is O=C(N=Nc1ccc(Br)cc1)C1Cc2ccccc2C1. The van der Waals surface area contributed by atoms with Crippen LogP contribution in [-0.2, 0) is 17.6 Å². The van der Waals surface area contributed by atoms with E-state index in [1.807, 2.05) is 36.4 Å². The molecule has 3 nitrogen and oxygen atoms in total. The molecule has 0 saturated carbocycles. The predicted molar refractivity (Wildman–Crippen MR) is 81.0 cm³/mol. The Kier molecular flexibility index (Phi) is 3.74. The van der Waals surface area contributed by atoms with Gasteiger partial charge < -0.3 is 0 Å². The fourth-order valence-corrected chi connectivity index (χ4v) is 2.69. The Labute approximate surface area is 125 Å². The van der Waals surface area contributed by atoms with Gasteiger partial charge in [-0.05, 0) is 48.2 Å². The first-order chi connectivity index (χ1) is 9.72. The lowest BCUT2D eigenvalue weighted by Crippen LogP contribution is -2.11. The Morgan fingerprint density at radius 3 is 2.20 bits per heavy atom. The Bertz CT molecular complexity index is 639. The number of amides is 1. The fourth-order valence-electron chi connectivity index (χ4n) is 2.43. The van der Waals surface area contributed by atoms with E-state index in [4.69, 9.17) is 0 Å². The van der Waals surface area contributed by atoms with Crippen LogP contribution in [0.2, 0.25) is 0 Å². The van der Waals surface area contributed by atoms with E-state index in [1.165, 1.54) is 11.1 Å². The van der Waals surface area contributed by atoms with Crippen molar-refractivity contribution in [2.75, 3.05) is 0 Å². The molecular weight excluding hydrogens is 316 g/mol. The van der Waals surface area contributed by atoms with E-state index < -0.39 is 0 Å². The molecule has 1 aliphatic rings. The monoisotopic (exact) mass is 328 g/mol. The molecule has 2 aromatic carbocycles. The summed E-state index contributed by atoms with van der Waals surface area (Å²) in [7, 11) is 0. The molecule has 0 radical (unpaired) electrons. The Hall–Kier alpha value is -1.81. The number of halogens is 1. The summed E-state index contributed by atoms with van der Waals surface area (Å²) in [6, 6.07) is 15.6. The summed E-state index contributed by atoms with van der Waals surface area (Å²) in [5.41, 5.74) is 3.20. The van der Waals surface area contributed by atoms with Crippen LogP contribution in [0.15, 0.2) is 63.2 Å². The maximum absolute atomic E-state index is 12.1. The molecule has 4 heteroatoms. The Balaban J connectivity index is 1.68. The van der Waals surface area contributed by atoms with Crippen LogP contribution in [0.5, 0.6) is 0 Å². The van der Waals surface area contributed by atoms with Gasteiger partial charge in [0.15, 0.2) is 0 Å². The third-order valence-corrected chi connectivity index (χ3v) is 4.02. The van der Waals surface area contributed by atoms with Crippen LogP contribution in [0, 0.1) is 5.92 Å². The highest BCUT2D eigenvalue weighted by Crippen LogP contribution is 2.27. The minimum atomic E-state index is -0.135. The van der Waals surface area contributed by atoms with Crippen molar-refractivity contribution in [2.45, 2.75) is 12.8 Å². The van der Waals surface area contributed by atoms with E-state index in [1.54, 1.807) is 0 Å². The lowest BCUT2D eigenvalue weighted by atomic mass is 10.1. The van der Waals surface area contributed by atoms with Gasteiger partial charge in [-0.15, -0.1) is 10.2 Å². The first-order valence-electron chi connectivity index (χ1n) is 6.50. The first kappa shape index (κ1) is 13.2. The van der Waals surface area contributed by atoms with Crippen LogP contribution in [0.4, 0.5) is 5.69 Å². The third kappa shape index (κ3) is 2.85. The zero-order valence-electron chi connectivity index (χ0n) is 10.8. The van der Waals surface area contributed by atoms with Gasteiger partial charge in [-0.1, -0.05) is 40.2 Å². The van der Waals surface area contributed by atoms with Gasteiger partial charge in [0.1, 0.15) is 0 Å². The average molecular weight is 329 g/mol. The lowest BCUT2D eigenvalue weighted by molar-refractivity contribution is -0.121. The van der Waals surface area contributed by atoms with Crippen LogP contribution in [-0.4, -0.2) is 5.91 Å². The van der Waals surface area contributed by atoms with Crippen molar-refractivity contribution in [3.63, 3.8) is 0 Å². The molecule has 0 N–H and O–H groups in total. The maximum atomic E-state index is 12.1. The highest BCUT2D eigenvalue weighted by molar-refractivity contribution is 9.10. The zero-order valence-corrected chi connectivity index (χ0v) is 12.4. The number of carbonyl (C=O) groups excluding carboxylic acids is 1. The van der Waals surface area contributed by atoms with Crippen molar-refractivity contribution in [1.29, 1.82) is 0 Å². The molecule has 0 unspecified atom stereocenters. The van der Waals surface area contributed by atoms with Crippen LogP contribution < -0.4 is 0 Å². The van der Waals surface area contributed by atoms with E-state index in [9.17, 15) is 4.79 Å². The predicted octanol–water partition coefficient (Wildman–Crippen LogP) is 4.47. The normalized spacial score (nSPS) is 14.7. The molecule has 0 fully saturated rings. The molecule has 0 heterocycles. The Morgan fingerprint density at radius 2 is 1.60 bits per heavy atom. The number of benzene rings is 2. The van der Waals surface area contributed by atoms with Gasteiger partial charge in [-0.25, -0.2) is 0 Å². The van der Waals surface area contributed by atoms with Crippen LogP contribution in [0.25, 0.3) is 0 Å². The molecule has 0 saturated heterocycles. The summed E-state index contributed by atoms with van der Waals surface area (Å²) >= 11 is 3.36. The number of carbonyl (C=O) groups is 1. The molecule has 0 aliphatic heterocycles. The largest absolute Gasteiger partial charge is 0.271 e. The van der Waals surface area contributed by atoms with Gasteiger partial charge in [0.2, 0.25) is 0 Å². The van der Waals surface area contributed by atoms with Gasteiger partial charge in [0.25, 0.3) is 5.91 Å². The van der Waals surface area contributed by atoms with E-state index in [0.29, 0.717) is 5.69 Å². The molecule has 0 aromatic heterocycles. The van der Waals surface area contributed by atoms with Crippen molar-refractivity contribution in [3.8, 4) is 0 Å². The van der Waals surface area contributed by atoms with E-state index >= 15 is 0 Å². The highest BCUT2D eigenvalue weighted by Gasteiger charge is 2.26. The smallest absolute Gasteiger partial charge is 0.268 e. The van der Waals surface area contributed by atoms with Crippen LogP contribution >= 0.6 is 15.9 Å². The van der Waals surface area contributed by atoms with Crippen molar-refractivity contribution in [1.82, 2.24) is 0 Å². The minimum absolute atomic E-state index is 0.0633. The minimum Gasteiger partial charge on any atom is -0.271 e. The maximum Gasteiger partial charge on any atom is 0.268 e. The van der Waals surface area contributed by atoms with Crippen molar-refractivity contribution in [3.05, 3.63) is 64.1 Å². The Morgan fingerprint density at radius 1 is 1.00 bits per heavy atom. The molecule has 0 atom stereocenters. The molecule has 0 spiro atoms. The first-order valence-corrected chi connectivity index (χ1v) is 7.29. The lowest BCUT2D eigenvalue weighted by Gasteiger charge is -2.01. The number of hydrogen-bond acceptors (Lipinski definition) is 2. The molecule has 20 heavy (non-hydrogen) atoms. The number of fused-ring (bicyclic) bond motifs is 1. The van der Waals surface area contributed by atoms with Crippen molar-refractivity contribution in [2.24, 2.45) is 16.1 Å². The van der Waals surface area contributed by atoms with Gasteiger partial charge in [-0.2, -0.15) is 0 Å². The number of nitrogens with zero attached hydrogens (tertiary/aromatic N) is 2. The van der Waals surface area contributed by atoms with Crippen LogP contribution in [0.1, 0.15) is 11.1 Å². The average Bonchev–Trinajstić information content (AvgIpc) is 2.90. The topological polar surface area (TPSA) is 41.8 Å². The summed E-state index contributed by atoms with van der Waals surface area (Å²) in [4.78, 5) is 12.1. The van der Waals surface area contributed by atoms with Gasteiger partial charge in [0, 0.05) is 10.4 Å².